The summed E-state index contributed by atoms with van der Waals surface area (Å²) < 4.78 is 13.8. The summed E-state index contributed by atoms with van der Waals surface area (Å²) in [5.41, 5.74) is 1.45. The van der Waals surface area contributed by atoms with Gasteiger partial charge in [-0.25, -0.2) is 9.37 Å². The van der Waals surface area contributed by atoms with Crippen LogP contribution in [0, 0.1) is 17.7 Å². The fraction of sp³-hybridized carbons (Fsp3) is 0. The molecule has 0 saturated carbocycles. The number of amides is 1. The molecule has 4 nitrogen and oxygen atoms in total. The van der Waals surface area contributed by atoms with Crippen molar-refractivity contribution in [3.8, 4) is 23.2 Å². The second-order valence-electron chi connectivity index (χ2n) is 4.70. The smallest absolute Gasteiger partial charge is 0.300 e. The zero-order valence-corrected chi connectivity index (χ0v) is 12.0. The Kier molecular flexibility index (Phi) is 4.16. The molecular weight excluding hydrogens is 293 g/mol. The van der Waals surface area contributed by atoms with Gasteiger partial charge in [-0.3, -0.25) is 4.79 Å². The van der Waals surface area contributed by atoms with E-state index in [1.54, 1.807) is 30.6 Å². The van der Waals surface area contributed by atoms with Crippen molar-refractivity contribution in [3.05, 3.63) is 72.3 Å². The molecule has 2 aromatic carbocycles. The molecule has 0 aliphatic carbocycles. The van der Waals surface area contributed by atoms with Gasteiger partial charge in [0.2, 0.25) is 0 Å². The fourth-order valence-corrected chi connectivity index (χ4v) is 2.00. The van der Waals surface area contributed by atoms with Crippen LogP contribution in [0.3, 0.4) is 0 Å². The molecule has 0 fully saturated rings. The molecular formula is C18H12FN3O. The molecule has 1 aromatic heterocycles. The summed E-state index contributed by atoms with van der Waals surface area (Å²) in [4.78, 5) is 18.9. The van der Waals surface area contributed by atoms with Gasteiger partial charge in [-0.15, -0.1) is 0 Å². The SMILES string of the molecule is O=C(C#Cc1ccccc1)Nc1cc(-c2ncc[nH]2)ccc1F. The van der Waals surface area contributed by atoms with E-state index < -0.39 is 11.7 Å². The van der Waals surface area contributed by atoms with Crippen LogP contribution in [0.1, 0.15) is 5.56 Å². The minimum Gasteiger partial charge on any atom is -0.345 e. The summed E-state index contributed by atoms with van der Waals surface area (Å²) >= 11 is 0. The van der Waals surface area contributed by atoms with Crippen LogP contribution < -0.4 is 5.32 Å². The number of anilines is 1. The maximum atomic E-state index is 13.8. The van der Waals surface area contributed by atoms with Gasteiger partial charge >= 0.3 is 5.91 Å². The molecule has 0 saturated heterocycles. The van der Waals surface area contributed by atoms with Crippen LogP contribution in [0.15, 0.2) is 60.9 Å². The van der Waals surface area contributed by atoms with Gasteiger partial charge in [-0.2, -0.15) is 0 Å². The van der Waals surface area contributed by atoms with Crippen LogP contribution in [-0.4, -0.2) is 15.9 Å². The Morgan fingerprint density at radius 1 is 1.17 bits per heavy atom. The molecule has 23 heavy (non-hydrogen) atoms. The zero-order chi connectivity index (χ0) is 16.1. The van der Waals surface area contributed by atoms with Crippen molar-refractivity contribution in [2.24, 2.45) is 0 Å². The Morgan fingerprint density at radius 2 is 2.00 bits per heavy atom. The fourth-order valence-electron chi connectivity index (χ4n) is 2.00. The number of H-pyrrole nitrogens is 1. The highest BCUT2D eigenvalue weighted by atomic mass is 19.1. The Hall–Kier alpha value is -3.39. The summed E-state index contributed by atoms with van der Waals surface area (Å²) in [5, 5.41) is 2.45. The van der Waals surface area contributed by atoms with Gasteiger partial charge in [0.1, 0.15) is 11.6 Å². The number of carbonyl (C=O) groups is 1. The quantitative estimate of drug-likeness (QED) is 0.714. The van der Waals surface area contributed by atoms with Crippen molar-refractivity contribution < 1.29 is 9.18 Å². The number of hydrogen-bond acceptors (Lipinski definition) is 2. The molecule has 0 aliphatic rings. The van der Waals surface area contributed by atoms with Crippen LogP contribution in [0.4, 0.5) is 10.1 Å². The number of aromatic amines is 1. The molecule has 0 atom stereocenters. The van der Waals surface area contributed by atoms with E-state index >= 15 is 0 Å². The van der Waals surface area contributed by atoms with E-state index in [4.69, 9.17) is 0 Å². The number of halogens is 1. The van der Waals surface area contributed by atoms with E-state index in [1.165, 1.54) is 12.1 Å². The van der Waals surface area contributed by atoms with E-state index in [0.29, 0.717) is 17.0 Å². The molecule has 2 N–H and O–H groups in total. The molecule has 3 rings (SSSR count). The average Bonchev–Trinajstić information content (AvgIpc) is 3.10. The van der Waals surface area contributed by atoms with Gasteiger partial charge in [0, 0.05) is 29.4 Å². The summed E-state index contributed by atoms with van der Waals surface area (Å²) in [5.74, 6) is 4.64. The lowest BCUT2D eigenvalue weighted by molar-refractivity contribution is -0.111. The lowest BCUT2D eigenvalue weighted by Crippen LogP contribution is -2.10. The Balaban J connectivity index is 1.79. The van der Waals surface area contributed by atoms with Crippen molar-refractivity contribution in [2.75, 3.05) is 5.32 Å². The van der Waals surface area contributed by atoms with Gasteiger partial charge in [-0.1, -0.05) is 24.1 Å². The van der Waals surface area contributed by atoms with E-state index in [2.05, 4.69) is 27.1 Å². The molecule has 112 valence electrons. The van der Waals surface area contributed by atoms with E-state index in [0.717, 1.165) is 0 Å². The maximum Gasteiger partial charge on any atom is 0.300 e. The summed E-state index contributed by atoms with van der Waals surface area (Å²) in [6.45, 7) is 0. The van der Waals surface area contributed by atoms with Gasteiger partial charge < -0.3 is 10.3 Å². The van der Waals surface area contributed by atoms with Gasteiger partial charge in [0.05, 0.1) is 5.69 Å². The number of benzene rings is 2. The predicted molar refractivity (Wildman–Crippen MR) is 85.9 cm³/mol. The van der Waals surface area contributed by atoms with Gasteiger partial charge in [0.15, 0.2) is 0 Å². The summed E-state index contributed by atoms with van der Waals surface area (Å²) in [6.07, 6.45) is 3.27. The van der Waals surface area contributed by atoms with Crippen molar-refractivity contribution in [2.45, 2.75) is 0 Å². The Bertz CT molecular complexity index is 878. The molecule has 3 aromatic rings. The second kappa shape index (κ2) is 6.58. The standard InChI is InChI=1S/C18H12FN3O/c19-15-8-7-14(18-20-10-11-21-18)12-16(15)22-17(23)9-6-13-4-2-1-3-5-13/h1-5,7-8,10-12H,(H,20,21)(H,22,23). The topological polar surface area (TPSA) is 57.8 Å². The van der Waals surface area contributed by atoms with E-state index in [-0.39, 0.29) is 5.69 Å². The van der Waals surface area contributed by atoms with Crippen LogP contribution in [0.5, 0.6) is 0 Å². The van der Waals surface area contributed by atoms with E-state index in [1.807, 2.05) is 18.2 Å². The number of hydrogen-bond donors (Lipinski definition) is 2. The lowest BCUT2D eigenvalue weighted by Gasteiger charge is -2.05. The first-order valence-corrected chi connectivity index (χ1v) is 6.90. The predicted octanol–water partition coefficient (Wildman–Crippen LogP) is 3.21. The van der Waals surface area contributed by atoms with Crippen molar-refractivity contribution in [1.29, 1.82) is 0 Å². The molecule has 0 radical (unpaired) electrons. The molecule has 0 unspecified atom stereocenters. The maximum absolute atomic E-state index is 13.8. The third-order valence-corrected chi connectivity index (χ3v) is 3.08. The average molecular weight is 305 g/mol. The minimum absolute atomic E-state index is 0.0614. The van der Waals surface area contributed by atoms with Crippen molar-refractivity contribution in [1.82, 2.24) is 9.97 Å². The highest BCUT2D eigenvalue weighted by Gasteiger charge is 2.08. The first-order chi connectivity index (χ1) is 11.2. The number of rotatable bonds is 2. The third kappa shape index (κ3) is 3.63. The van der Waals surface area contributed by atoms with E-state index in [9.17, 15) is 9.18 Å². The van der Waals surface area contributed by atoms with Gasteiger partial charge in [-0.05, 0) is 30.3 Å². The molecule has 0 bridgehead atoms. The first-order valence-electron chi connectivity index (χ1n) is 6.90. The molecule has 0 aliphatic heterocycles. The first kappa shape index (κ1) is 14.5. The summed E-state index contributed by atoms with van der Waals surface area (Å²) in [6, 6.07) is 13.5. The zero-order valence-electron chi connectivity index (χ0n) is 12.0. The largest absolute Gasteiger partial charge is 0.345 e. The van der Waals surface area contributed by atoms with Crippen LogP contribution >= 0.6 is 0 Å². The molecule has 1 heterocycles. The Morgan fingerprint density at radius 3 is 2.74 bits per heavy atom. The summed E-state index contributed by atoms with van der Waals surface area (Å²) in [7, 11) is 0. The Labute approximate surface area is 132 Å². The highest BCUT2D eigenvalue weighted by molar-refractivity contribution is 6.04. The molecule has 0 spiro atoms. The monoisotopic (exact) mass is 305 g/mol. The van der Waals surface area contributed by atoms with Crippen LogP contribution in [0.2, 0.25) is 0 Å². The van der Waals surface area contributed by atoms with Crippen LogP contribution in [-0.2, 0) is 4.79 Å². The number of aromatic nitrogens is 2. The highest BCUT2D eigenvalue weighted by Crippen LogP contribution is 2.22. The van der Waals surface area contributed by atoms with Gasteiger partial charge in [0.25, 0.3) is 0 Å². The van der Waals surface area contributed by atoms with Crippen molar-refractivity contribution in [3.63, 3.8) is 0 Å². The van der Waals surface area contributed by atoms with Crippen LogP contribution in [0.25, 0.3) is 11.4 Å². The number of nitrogens with one attached hydrogen (secondary N) is 2. The molecule has 1 amide bonds. The second-order valence-corrected chi connectivity index (χ2v) is 4.70. The third-order valence-electron chi connectivity index (χ3n) is 3.08. The van der Waals surface area contributed by atoms with Crippen molar-refractivity contribution >= 4 is 11.6 Å². The normalized spacial score (nSPS) is 9.78. The number of nitrogens with zero attached hydrogens (tertiary/aromatic N) is 1. The number of imidazole rings is 1. The number of carbonyl (C=O) groups excluding carboxylic acids is 1. The molecule has 5 heteroatoms. The minimum atomic E-state index is -0.579. The lowest BCUT2D eigenvalue weighted by atomic mass is 10.2.